The van der Waals surface area contributed by atoms with E-state index in [-0.39, 0.29) is 22.1 Å². The van der Waals surface area contributed by atoms with Crippen molar-refractivity contribution in [3.8, 4) is 0 Å². The van der Waals surface area contributed by atoms with Crippen LogP contribution in [0.3, 0.4) is 0 Å². The Kier molecular flexibility index (Phi) is 5.75. The second-order valence-corrected chi connectivity index (χ2v) is 8.03. The standard InChI is InChI=1S/C17H16N4O6S2/c1-2-7-5-28-15-11(14(25)21(15)12(7)16(26)27)20-13(24)8(3-4-10(22)23)9-6-29-17(18)19-9/h2-3,6,11,15H,1,4-5H2,(H2,18,19)(H,20,24)(H,22,23)(H,26,27)/t11-,15-/m1/s1. The number of hydrogen-bond donors (Lipinski definition) is 4. The van der Waals surface area contributed by atoms with Gasteiger partial charge < -0.3 is 21.3 Å². The second-order valence-electron chi connectivity index (χ2n) is 6.03. The summed E-state index contributed by atoms with van der Waals surface area (Å²) in [5, 5.41) is 22.0. The first-order valence-electron chi connectivity index (χ1n) is 8.22. The van der Waals surface area contributed by atoms with Crippen molar-refractivity contribution >= 4 is 57.6 Å². The number of thioether (sulfide) groups is 1. The number of nitrogens with two attached hydrogens (primary N) is 1. The SMILES string of the molecule is C=CC1=C(C(=O)O)N2C(=O)[C@@H](NC(=O)C(=CCC(=O)O)c3csc(N)n3)[C@H]2SC1. The molecule has 1 aromatic heterocycles. The summed E-state index contributed by atoms with van der Waals surface area (Å²) < 4.78 is 0. The number of carboxylic acids is 2. The zero-order chi connectivity index (χ0) is 21.3. The molecule has 1 fully saturated rings. The molecule has 1 aromatic rings. The summed E-state index contributed by atoms with van der Waals surface area (Å²) >= 11 is 2.39. The number of allylic oxidation sites excluding steroid dienone is 1. The molecule has 152 valence electrons. The van der Waals surface area contributed by atoms with Crippen molar-refractivity contribution in [3.05, 3.63) is 41.1 Å². The lowest BCUT2D eigenvalue weighted by atomic mass is 10.0. The Balaban J connectivity index is 1.82. The minimum absolute atomic E-state index is 0.0202. The number of thiazole rings is 1. The molecule has 2 aliphatic heterocycles. The van der Waals surface area contributed by atoms with E-state index in [1.165, 1.54) is 29.3 Å². The fourth-order valence-electron chi connectivity index (χ4n) is 2.93. The predicted octanol–water partition coefficient (Wildman–Crippen LogP) is 0.508. The third-order valence-corrected chi connectivity index (χ3v) is 6.23. The van der Waals surface area contributed by atoms with E-state index in [1.807, 2.05) is 0 Å². The number of carbonyl (C=O) groups excluding carboxylic acids is 2. The van der Waals surface area contributed by atoms with Crippen LogP contribution < -0.4 is 11.1 Å². The lowest BCUT2D eigenvalue weighted by Gasteiger charge is -2.49. The quantitative estimate of drug-likeness (QED) is 0.352. The molecule has 0 unspecified atom stereocenters. The van der Waals surface area contributed by atoms with E-state index in [0.717, 1.165) is 16.2 Å². The van der Waals surface area contributed by atoms with Crippen LogP contribution in [-0.2, 0) is 19.2 Å². The highest BCUT2D eigenvalue weighted by Crippen LogP contribution is 2.40. The van der Waals surface area contributed by atoms with Crippen LogP contribution in [0.2, 0.25) is 0 Å². The number of carboxylic acid groups (broad SMARTS) is 2. The van der Waals surface area contributed by atoms with Crippen LogP contribution in [-0.4, -0.2) is 61.0 Å². The number of aliphatic carboxylic acids is 2. The van der Waals surface area contributed by atoms with E-state index in [9.17, 15) is 24.3 Å². The van der Waals surface area contributed by atoms with Crippen molar-refractivity contribution < 1.29 is 29.4 Å². The summed E-state index contributed by atoms with van der Waals surface area (Å²) in [6, 6.07) is -0.947. The molecule has 2 atom stereocenters. The van der Waals surface area contributed by atoms with Crippen molar-refractivity contribution in [2.75, 3.05) is 11.5 Å². The van der Waals surface area contributed by atoms with Gasteiger partial charge in [0.1, 0.15) is 17.1 Å². The molecule has 5 N–H and O–H groups in total. The fraction of sp³-hybridized carbons (Fsp3) is 0.235. The van der Waals surface area contributed by atoms with E-state index in [4.69, 9.17) is 10.8 Å². The van der Waals surface area contributed by atoms with Gasteiger partial charge in [-0.15, -0.1) is 23.1 Å². The topological polar surface area (TPSA) is 163 Å². The molecule has 0 bridgehead atoms. The summed E-state index contributed by atoms with van der Waals surface area (Å²) in [6.45, 7) is 3.57. The number of nitrogens with one attached hydrogen (secondary N) is 1. The van der Waals surface area contributed by atoms with Gasteiger partial charge in [0, 0.05) is 11.1 Å². The lowest BCUT2D eigenvalue weighted by Crippen LogP contribution is -2.70. The van der Waals surface area contributed by atoms with Crippen molar-refractivity contribution in [3.63, 3.8) is 0 Å². The van der Waals surface area contributed by atoms with E-state index in [0.29, 0.717) is 11.3 Å². The van der Waals surface area contributed by atoms with Crippen molar-refractivity contribution in [1.29, 1.82) is 0 Å². The molecule has 29 heavy (non-hydrogen) atoms. The number of fused-ring (bicyclic) bond motifs is 1. The van der Waals surface area contributed by atoms with Gasteiger partial charge in [0.25, 0.3) is 11.8 Å². The Bertz CT molecular complexity index is 982. The molecule has 0 radical (unpaired) electrons. The molecule has 1 saturated heterocycles. The van der Waals surface area contributed by atoms with Gasteiger partial charge in [-0.1, -0.05) is 18.7 Å². The maximum atomic E-state index is 12.8. The highest BCUT2D eigenvalue weighted by atomic mass is 32.2. The first-order valence-corrected chi connectivity index (χ1v) is 10.1. The zero-order valence-electron chi connectivity index (χ0n) is 14.8. The smallest absolute Gasteiger partial charge is 0.352 e. The van der Waals surface area contributed by atoms with Gasteiger partial charge in [-0.3, -0.25) is 19.3 Å². The molecule has 2 amide bonds. The molecular formula is C17H16N4O6S2. The summed E-state index contributed by atoms with van der Waals surface area (Å²) in [5.41, 5.74) is 6.05. The van der Waals surface area contributed by atoms with Crippen LogP contribution in [0.5, 0.6) is 0 Å². The highest BCUT2D eigenvalue weighted by molar-refractivity contribution is 8.00. The van der Waals surface area contributed by atoms with Crippen LogP contribution in [0.25, 0.3) is 5.57 Å². The molecule has 0 aliphatic carbocycles. The molecular weight excluding hydrogens is 420 g/mol. The van der Waals surface area contributed by atoms with E-state index in [1.54, 1.807) is 0 Å². The monoisotopic (exact) mass is 436 g/mol. The highest BCUT2D eigenvalue weighted by Gasteiger charge is 2.54. The summed E-state index contributed by atoms with van der Waals surface area (Å²) in [4.78, 5) is 52.9. The van der Waals surface area contributed by atoms with Crippen molar-refractivity contribution in [1.82, 2.24) is 15.2 Å². The summed E-state index contributed by atoms with van der Waals surface area (Å²) in [5.74, 6) is -3.31. The van der Waals surface area contributed by atoms with E-state index < -0.39 is 41.6 Å². The van der Waals surface area contributed by atoms with Gasteiger partial charge in [-0.2, -0.15) is 0 Å². The molecule has 3 heterocycles. The first-order chi connectivity index (χ1) is 13.7. The van der Waals surface area contributed by atoms with Gasteiger partial charge in [0.2, 0.25) is 0 Å². The minimum Gasteiger partial charge on any atom is -0.481 e. The Morgan fingerprint density at radius 2 is 2.14 bits per heavy atom. The maximum absolute atomic E-state index is 12.8. The third kappa shape index (κ3) is 3.89. The maximum Gasteiger partial charge on any atom is 0.352 e. The first kappa shape index (κ1) is 20.6. The molecule has 10 nitrogen and oxygen atoms in total. The summed E-state index contributed by atoms with van der Waals surface area (Å²) in [7, 11) is 0. The number of hydrogen-bond acceptors (Lipinski definition) is 8. The number of carbonyl (C=O) groups is 4. The van der Waals surface area contributed by atoms with Gasteiger partial charge in [0.05, 0.1) is 17.7 Å². The van der Waals surface area contributed by atoms with Crippen LogP contribution in [0.15, 0.2) is 35.4 Å². The van der Waals surface area contributed by atoms with Crippen LogP contribution >= 0.6 is 23.1 Å². The zero-order valence-corrected chi connectivity index (χ0v) is 16.5. The predicted molar refractivity (Wildman–Crippen MR) is 107 cm³/mol. The van der Waals surface area contributed by atoms with Gasteiger partial charge in [0.15, 0.2) is 5.13 Å². The Morgan fingerprint density at radius 1 is 1.41 bits per heavy atom. The van der Waals surface area contributed by atoms with Gasteiger partial charge >= 0.3 is 11.9 Å². The number of nitrogen functional groups attached to an aromatic ring is 1. The number of nitrogens with zero attached hydrogens (tertiary/aromatic N) is 2. The largest absolute Gasteiger partial charge is 0.481 e. The van der Waals surface area contributed by atoms with Crippen LogP contribution in [0.4, 0.5) is 5.13 Å². The van der Waals surface area contributed by atoms with Crippen molar-refractivity contribution in [2.24, 2.45) is 0 Å². The van der Waals surface area contributed by atoms with Crippen LogP contribution in [0, 0.1) is 0 Å². The average Bonchev–Trinajstić information content (AvgIpc) is 3.10. The third-order valence-electron chi connectivity index (χ3n) is 4.26. The molecule has 12 heteroatoms. The normalized spacial score (nSPS) is 21.3. The number of rotatable bonds is 7. The molecule has 0 saturated carbocycles. The van der Waals surface area contributed by atoms with Gasteiger partial charge in [-0.25, -0.2) is 9.78 Å². The molecule has 3 rings (SSSR count). The number of anilines is 1. The Hall–Kier alpha value is -3.12. The second kappa shape index (κ2) is 8.09. The van der Waals surface area contributed by atoms with Gasteiger partial charge in [-0.05, 0) is 5.57 Å². The summed E-state index contributed by atoms with van der Waals surface area (Å²) in [6.07, 6.45) is 2.17. The van der Waals surface area contributed by atoms with E-state index >= 15 is 0 Å². The van der Waals surface area contributed by atoms with Crippen LogP contribution in [0.1, 0.15) is 12.1 Å². The molecule has 2 aliphatic rings. The Morgan fingerprint density at radius 3 is 2.69 bits per heavy atom. The number of aromatic nitrogens is 1. The average molecular weight is 436 g/mol. The van der Waals surface area contributed by atoms with Crippen molar-refractivity contribution in [2.45, 2.75) is 17.8 Å². The number of β-lactam (4-membered cyclic amide) rings is 1. The Labute approximate surface area is 172 Å². The molecule has 0 aromatic carbocycles. The minimum atomic E-state index is -1.25. The van der Waals surface area contributed by atoms with E-state index in [2.05, 4.69) is 16.9 Å². The fourth-order valence-corrected chi connectivity index (χ4v) is 4.84. The lowest BCUT2D eigenvalue weighted by molar-refractivity contribution is -0.150. The molecule has 0 spiro atoms. The number of amides is 2.